The second-order valence-electron chi connectivity index (χ2n) is 2.09. The number of hydrogen-bond acceptors (Lipinski definition) is 0. The first-order valence-electron chi connectivity index (χ1n) is 2.72. The van der Waals surface area contributed by atoms with Crippen molar-refractivity contribution in [2.45, 2.75) is 24.3 Å². The van der Waals surface area contributed by atoms with Gasteiger partial charge in [0.2, 0.25) is 0 Å². The molecular weight excluding hydrogens is 161 g/mol. The predicted octanol–water partition coefficient (Wildman–Crippen LogP) is 2.17. The second kappa shape index (κ2) is 3.86. The first kappa shape index (κ1) is 7.91. The molecule has 7 heavy (non-hydrogen) atoms. The fraction of sp³-hybridized carbons (Fsp3) is 1.00. The summed E-state index contributed by atoms with van der Waals surface area (Å²) >= 11 is 1.51. The van der Waals surface area contributed by atoms with Crippen LogP contribution in [-0.2, 0) is 18.3 Å². The van der Waals surface area contributed by atoms with Crippen LogP contribution in [0.2, 0.25) is 5.02 Å². The molecule has 0 unspecified atom stereocenters. The van der Waals surface area contributed by atoms with Crippen molar-refractivity contribution in [1.82, 2.24) is 0 Å². The minimum absolute atomic E-state index is 0. The molecule has 1 saturated carbocycles. The normalized spacial score (nSPS) is 18.6. The Morgan fingerprint density at radius 3 is 2.14 bits per heavy atom. The molecule has 39 valence electrons. The number of halogens is 1. The summed E-state index contributed by atoms with van der Waals surface area (Å²) in [5, 5.41) is 1.52. The Hall–Kier alpha value is 0.913. The average Bonchev–Trinajstić information content (AvgIpc) is 2.21. The summed E-state index contributed by atoms with van der Waals surface area (Å²) in [6, 6.07) is 0. The van der Waals surface area contributed by atoms with Crippen molar-refractivity contribution >= 4 is 12.4 Å². The number of hydrogen-bond donors (Lipinski definition) is 0. The van der Waals surface area contributed by atoms with Gasteiger partial charge in [-0.15, -0.1) is 12.4 Å². The second-order valence-corrected chi connectivity index (χ2v) is 3.57. The molecule has 0 aromatic carbocycles. The van der Waals surface area contributed by atoms with Crippen LogP contribution in [0.4, 0.5) is 0 Å². The van der Waals surface area contributed by atoms with Crippen LogP contribution in [0.15, 0.2) is 0 Å². The third kappa shape index (κ3) is 3.49. The first-order chi connectivity index (χ1) is 2.93. The van der Waals surface area contributed by atoms with E-state index in [0.717, 1.165) is 0 Å². The zero-order valence-electron chi connectivity index (χ0n) is 4.52. The van der Waals surface area contributed by atoms with Crippen molar-refractivity contribution in [1.29, 1.82) is 0 Å². The van der Waals surface area contributed by atoms with Crippen LogP contribution < -0.4 is 0 Å². The fourth-order valence-corrected chi connectivity index (χ4v) is 1.91. The first-order valence-corrected chi connectivity index (χ1v) is 4.82. The van der Waals surface area contributed by atoms with Crippen molar-refractivity contribution in [2.24, 2.45) is 5.92 Å². The molecule has 0 atom stereocenters. The Morgan fingerprint density at radius 1 is 1.43 bits per heavy atom. The van der Waals surface area contributed by atoms with E-state index >= 15 is 0 Å². The standard InChI is InChI=1S/C5H9.ClH.Zn/c1-2-5-3-4-5;;/h5H,1-4H2;1H;. The van der Waals surface area contributed by atoms with Gasteiger partial charge in [-0.25, -0.2) is 0 Å². The fourth-order valence-electron chi connectivity index (χ4n) is 0.695. The van der Waals surface area contributed by atoms with E-state index in [-0.39, 0.29) is 12.4 Å². The van der Waals surface area contributed by atoms with Crippen LogP contribution in [0, 0.1) is 5.92 Å². The third-order valence-corrected chi connectivity index (χ3v) is 2.17. The Kier molecular flexibility index (Phi) is 4.36. The van der Waals surface area contributed by atoms with Crippen LogP contribution in [0.1, 0.15) is 19.3 Å². The van der Waals surface area contributed by atoms with E-state index in [4.69, 9.17) is 0 Å². The summed E-state index contributed by atoms with van der Waals surface area (Å²) in [7, 11) is 0. The van der Waals surface area contributed by atoms with Crippen LogP contribution in [-0.4, -0.2) is 0 Å². The molecule has 0 aromatic rings. The zero-order chi connectivity index (χ0) is 4.41. The molecule has 0 nitrogen and oxygen atoms in total. The van der Waals surface area contributed by atoms with E-state index in [0.29, 0.717) is 0 Å². The van der Waals surface area contributed by atoms with Gasteiger partial charge in [0.25, 0.3) is 0 Å². The molecular formula is C5H10ClZn. The van der Waals surface area contributed by atoms with Crippen molar-refractivity contribution < 1.29 is 18.3 Å². The van der Waals surface area contributed by atoms with Crippen molar-refractivity contribution in [3.8, 4) is 0 Å². The Morgan fingerprint density at radius 2 is 2.00 bits per heavy atom. The molecule has 2 heteroatoms. The van der Waals surface area contributed by atoms with Gasteiger partial charge in [-0.1, -0.05) is 0 Å². The summed E-state index contributed by atoms with van der Waals surface area (Å²) in [4.78, 5) is 0. The molecule has 0 radical (unpaired) electrons. The molecule has 0 N–H and O–H groups in total. The van der Waals surface area contributed by atoms with E-state index in [2.05, 4.69) is 0 Å². The molecule has 1 aliphatic rings. The number of rotatable bonds is 2. The molecule has 0 bridgehead atoms. The van der Waals surface area contributed by atoms with Gasteiger partial charge in [-0.3, -0.25) is 0 Å². The summed E-state index contributed by atoms with van der Waals surface area (Å²) in [6.45, 7) is 0. The van der Waals surface area contributed by atoms with Crippen LogP contribution in [0.25, 0.3) is 0 Å². The summed E-state index contributed by atoms with van der Waals surface area (Å²) < 4.78 is 0. The van der Waals surface area contributed by atoms with Crippen molar-refractivity contribution in [2.75, 3.05) is 0 Å². The average molecular weight is 171 g/mol. The molecule has 0 aliphatic heterocycles. The van der Waals surface area contributed by atoms with E-state index in [1.807, 2.05) is 0 Å². The van der Waals surface area contributed by atoms with Gasteiger partial charge in [-0.05, 0) is 0 Å². The van der Waals surface area contributed by atoms with E-state index in [9.17, 15) is 0 Å². The summed E-state index contributed by atoms with van der Waals surface area (Å²) in [5.41, 5.74) is 0. The minimum atomic E-state index is 0. The molecule has 1 aliphatic carbocycles. The summed E-state index contributed by atoms with van der Waals surface area (Å²) in [5.74, 6) is 1.18. The molecule has 1 fully saturated rings. The summed E-state index contributed by atoms with van der Waals surface area (Å²) in [6.07, 6.45) is 4.62. The molecule has 1 rings (SSSR count). The van der Waals surface area contributed by atoms with Gasteiger partial charge in [0, 0.05) is 0 Å². The molecule has 0 heterocycles. The molecule has 0 saturated heterocycles. The molecule has 0 aromatic heterocycles. The van der Waals surface area contributed by atoms with Crippen LogP contribution in [0.5, 0.6) is 0 Å². The maximum atomic E-state index is 1.54. The van der Waals surface area contributed by atoms with Crippen LogP contribution >= 0.6 is 12.4 Å². The van der Waals surface area contributed by atoms with E-state index < -0.39 is 0 Å². The van der Waals surface area contributed by atoms with Gasteiger partial charge < -0.3 is 0 Å². The van der Waals surface area contributed by atoms with Gasteiger partial charge in [0.05, 0.1) is 0 Å². The van der Waals surface area contributed by atoms with Crippen LogP contribution in [0.3, 0.4) is 0 Å². The quantitative estimate of drug-likeness (QED) is 0.558. The van der Waals surface area contributed by atoms with E-state index in [1.165, 1.54) is 29.2 Å². The van der Waals surface area contributed by atoms with Gasteiger partial charge in [-0.2, -0.15) is 0 Å². The molecule has 0 amide bonds. The van der Waals surface area contributed by atoms with Gasteiger partial charge in [0.1, 0.15) is 0 Å². The SMILES string of the molecule is Cl.[Zn][CH2]CC1CC1. The van der Waals surface area contributed by atoms with Crippen molar-refractivity contribution in [3.63, 3.8) is 0 Å². The zero-order valence-corrected chi connectivity index (χ0v) is 8.30. The topological polar surface area (TPSA) is 0 Å². The maximum absolute atomic E-state index is 1.54. The molecule has 0 spiro atoms. The van der Waals surface area contributed by atoms with Gasteiger partial charge >= 0.3 is 48.5 Å². The van der Waals surface area contributed by atoms with Gasteiger partial charge in [0.15, 0.2) is 0 Å². The Balaban J connectivity index is 0.000000360. The van der Waals surface area contributed by atoms with Crippen molar-refractivity contribution in [3.05, 3.63) is 0 Å². The Labute approximate surface area is 61.1 Å². The Bertz CT molecular complexity index is 43.3. The van der Waals surface area contributed by atoms with E-state index in [1.54, 1.807) is 19.3 Å². The predicted molar refractivity (Wildman–Crippen MR) is 29.4 cm³/mol. The monoisotopic (exact) mass is 169 g/mol. The third-order valence-electron chi connectivity index (χ3n) is 1.31.